The molecular weight excluding hydrogens is 383 g/mol. The van der Waals surface area contributed by atoms with Crippen LogP contribution in [-0.2, 0) is 4.65 Å². The fourth-order valence-electron chi connectivity index (χ4n) is 3.22. The van der Waals surface area contributed by atoms with Crippen LogP contribution in [-0.4, -0.2) is 12.5 Å². The van der Waals surface area contributed by atoms with E-state index in [0.717, 1.165) is 19.3 Å². The van der Waals surface area contributed by atoms with E-state index in [0.29, 0.717) is 5.92 Å². The first-order chi connectivity index (χ1) is 12.2. The van der Waals surface area contributed by atoms with E-state index in [9.17, 15) is 0 Å². The zero-order chi connectivity index (χ0) is 20.2. The summed E-state index contributed by atoms with van der Waals surface area (Å²) < 4.78 is 7.83. The number of rotatable bonds is 12. The Balaban J connectivity index is 5.82. The molecule has 0 saturated carbocycles. The SMILES string of the molecule is CCCCC#C[B-](OC(C)C)(/C(Br)=C/CCCCCC)C(C)(C)C(C)C. The molecule has 0 saturated heterocycles. The molecule has 0 aliphatic heterocycles. The van der Waals surface area contributed by atoms with Gasteiger partial charge in [0, 0.05) is 12.5 Å². The predicted molar refractivity (Wildman–Crippen MR) is 124 cm³/mol. The molecule has 0 aromatic heterocycles. The maximum atomic E-state index is 6.66. The smallest absolute Gasteiger partial charge is 0.225 e. The molecule has 0 radical (unpaired) electrons. The molecule has 0 fully saturated rings. The van der Waals surface area contributed by atoms with E-state index in [2.05, 4.69) is 89.1 Å². The number of hydrogen-bond acceptors (Lipinski definition) is 1. The van der Waals surface area contributed by atoms with Gasteiger partial charge in [-0.15, -0.1) is 21.7 Å². The van der Waals surface area contributed by atoms with Crippen molar-refractivity contribution in [2.24, 2.45) is 5.92 Å². The summed E-state index contributed by atoms with van der Waals surface area (Å²) in [6.45, 7) is 17.9. The highest BCUT2D eigenvalue weighted by Crippen LogP contribution is 2.50. The van der Waals surface area contributed by atoms with Crippen LogP contribution in [0.5, 0.6) is 0 Å². The molecule has 0 N–H and O–H groups in total. The van der Waals surface area contributed by atoms with Crippen molar-refractivity contribution >= 4 is 22.3 Å². The van der Waals surface area contributed by atoms with Gasteiger partial charge in [-0.05, 0) is 33.1 Å². The van der Waals surface area contributed by atoms with E-state index in [1.165, 1.54) is 36.5 Å². The van der Waals surface area contributed by atoms with Crippen LogP contribution < -0.4 is 0 Å². The molecule has 1 nitrogen and oxygen atoms in total. The molecule has 0 amide bonds. The summed E-state index contributed by atoms with van der Waals surface area (Å²) in [7, 11) is 0. The third kappa shape index (κ3) is 7.81. The summed E-state index contributed by atoms with van der Waals surface area (Å²) in [5.41, 5.74) is 0. The first-order valence-corrected chi connectivity index (χ1v) is 11.6. The molecule has 1 atom stereocenters. The van der Waals surface area contributed by atoms with E-state index in [1.54, 1.807) is 0 Å². The van der Waals surface area contributed by atoms with Crippen molar-refractivity contribution in [2.45, 2.75) is 118 Å². The molecule has 0 aliphatic carbocycles. The minimum atomic E-state index is -1.43. The van der Waals surface area contributed by atoms with E-state index in [1.807, 2.05) is 0 Å². The summed E-state index contributed by atoms with van der Waals surface area (Å²) in [5.74, 6) is 7.59. The lowest BCUT2D eigenvalue weighted by Crippen LogP contribution is -2.52. The monoisotopic (exact) mass is 425 g/mol. The van der Waals surface area contributed by atoms with Crippen LogP contribution >= 0.6 is 15.9 Å². The van der Waals surface area contributed by atoms with Gasteiger partial charge < -0.3 is 4.65 Å². The highest BCUT2D eigenvalue weighted by molar-refractivity contribution is 9.12. The van der Waals surface area contributed by atoms with Crippen LogP contribution in [0.25, 0.3) is 0 Å². The Labute approximate surface area is 173 Å². The van der Waals surface area contributed by atoms with Gasteiger partial charge in [0.25, 0.3) is 0 Å². The van der Waals surface area contributed by atoms with E-state index in [4.69, 9.17) is 4.65 Å². The van der Waals surface area contributed by atoms with E-state index in [-0.39, 0.29) is 11.4 Å². The van der Waals surface area contributed by atoms with Crippen molar-refractivity contribution < 1.29 is 4.65 Å². The quantitative estimate of drug-likeness (QED) is 0.173. The second kappa shape index (κ2) is 13.1. The lowest BCUT2D eigenvalue weighted by Gasteiger charge is -2.54. The zero-order valence-electron chi connectivity index (χ0n) is 18.8. The molecule has 0 rings (SSSR count). The van der Waals surface area contributed by atoms with Crippen molar-refractivity contribution in [3.8, 4) is 11.7 Å². The summed E-state index contributed by atoms with van der Waals surface area (Å²) in [6, 6.07) is 0. The second-order valence-corrected chi connectivity index (χ2v) is 9.73. The summed E-state index contributed by atoms with van der Waals surface area (Å²) in [4.78, 5) is 0. The molecule has 0 aliphatic rings. The fourth-order valence-corrected chi connectivity index (χ4v) is 4.26. The summed E-state index contributed by atoms with van der Waals surface area (Å²) in [5, 5.41) is -0.0394. The van der Waals surface area contributed by atoms with Crippen LogP contribution in [0.4, 0.5) is 0 Å². The molecule has 0 heterocycles. The first kappa shape index (κ1) is 25.8. The van der Waals surface area contributed by atoms with E-state index < -0.39 is 6.35 Å². The molecule has 0 aromatic rings. The van der Waals surface area contributed by atoms with Gasteiger partial charge in [0.15, 0.2) is 0 Å². The van der Waals surface area contributed by atoms with Gasteiger partial charge in [-0.3, -0.25) is 5.82 Å². The molecule has 0 aromatic carbocycles. The number of halogens is 1. The van der Waals surface area contributed by atoms with Crippen LogP contribution in [0.1, 0.15) is 107 Å². The van der Waals surface area contributed by atoms with Crippen molar-refractivity contribution in [3.63, 3.8) is 0 Å². The molecule has 0 bridgehead atoms. The molecule has 26 heavy (non-hydrogen) atoms. The third-order valence-electron chi connectivity index (χ3n) is 5.76. The average molecular weight is 426 g/mol. The molecule has 152 valence electrons. The van der Waals surface area contributed by atoms with Crippen LogP contribution in [0.15, 0.2) is 10.5 Å². The highest BCUT2D eigenvalue weighted by atomic mass is 79.9. The van der Waals surface area contributed by atoms with Crippen molar-refractivity contribution in [2.75, 3.05) is 0 Å². The minimum Gasteiger partial charge on any atom is -0.574 e. The largest absolute Gasteiger partial charge is 0.574 e. The van der Waals surface area contributed by atoms with E-state index >= 15 is 0 Å². The van der Waals surface area contributed by atoms with Gasteiger partial charge in [-0.25, -0.2) is 0 Å². The molecule has 3 heteroatoms. The Hall–Kier alpha value is -0.195. The zero-order valence-corrected chi connectivity index (χ0v) is 20.3. The topological polar surface area (TPSA) is 9.23 Å². The van der Waals surface area contributed by atoms with Gasteiger partial charge >= 0.3 is 0 Å². The van der Waals surface area contributed by atoms with Crippen LogP contribution in [0, 0.1) is 17.7 Å². The van der Waals surface area contributed by atoms with Crippen LogP contribution in [0.2, 0.25) is 5.31 Å². The average Bonchev–Trinajstić information content (AvgIpc) is 2.56. The lowest BCUT2D eigenvalue weighted by molar-refractivity contribution is 0.213. The van der Waals surface area contributed by atoms with Gasteiger partial charge in [-0.2, -0.15) is 0 Å². The number of unbranched alkanes of at least 4 members (excludes halogenated alkanes) is 6. The minimum absolute atomic E-state index is 0.0394. The number of allylic oxidation sites excluding steroid dienone is 1. The Morgan fingerprint density at radius 1 is 1.04 bits per heavy atom. The van der Waals surface area contributed by atoms with Crippen molar-refractivity contribution in [3.05, 3.63) is 10.5 Å². The molecular formula is C23H43BBrO-. The second-order valence-electron chi connectivity index (χ2n) is 8.81. The van der Waals surface area contributed by atoms with Crippen molar-refractivity contribution in [1.29, 1.82) is 0 Å². The normalized spacial score (nSPS) is 15.1. The standard InChI is InChI=1S/C23H43BBrO/c1-9-11-13-15-16-18-22(25)24(26-21(5)6,19-17-14-12-10-2)23(7,8)20(3)4/h18,20-21H,9-16H2,1-8H3/q-1/b22-18-. The Kier molecular flexibility index (Phi) is 13.0. The summed E-state index contributed by atoms with van der Waals surface area (Å²) >= 11 is 3.93. The third-order valence-corrected chi connectivity index (χ3v) is 6.73. The van der Waals surface area contributed by atoms with Gasteiger partial charge in [-0.1, -0.05) is 89.1 Å². The highest BCUT2D eigenvalue weighted by Gasteiger charge is 2.43. The lowest BCUT2D eigenvalue weighted by atomic mass is 9.24. The van der Waals surface area contributed by atoms with Crippen LogP contribution in [0.3, 0.4) is 0 Å². The Morgan fingerprint density at radius 2 is 1.65 bits per heavy atom. The molecule has 0 spiro atoms. The van der Waals surface area contributed by atoms with Gasteiger partial charge in [0.05, 0.1) is 0 Å². The van der Waals surface area contributed by atoms with Gasteiger partial charge in [0.1, 0.15) is 0 Å². The fraction of sp³-hybridized carbons (Fsp3) is 0.826. The Bertz CT molecular complexity index is 470. The van der Waals surface area contributed by atoms with Crippen molar-refractivity contribution in [1.82, 2.24) is 0 Å². The van der Waals surface area contributed by atoms with Gasteiger partial charge in [0.2, 0.25) is 6.35 Å². The maximum Gasteiger partial charge on any atom is 0.225 e. The summed E-state index contributed by atoms with van der Waals surface area (Å²) in [6.07, 6.45) is 10.6. The number of hydrogen-bond donors (Lipinski definition) is 0. The maximum absolute atomic E-state index is 6.66. The predicted octanol–water partition coefficient (Wildman–Crippen LogP) is 8.31. The molecule has 1 unspecified atom stereocenters. The Morgan fingerprint density at radius 3 is 2.15 bits per heavy atom. The first-order valence-electron chi connectivity index (χ1n) is 10.8.